The van der Waals surface area contributed by atoms with Gasteiger partial charge in [0.15, 0.2) is 0 Å². The molecule has 1 aliphatic rings. The Hall–Kier alpha value is -3.16. The Kier molecular flexibility index (Phi) is 5.48. The van der Waals surface area contributed by atoms with Gasteiger partial charge in [0.05, 0.1) is 11.4 Å². The molecule has 4 rings (SSSR count). The molecule has 1 amide bonds. The summed E-state index contributed by atoms with van der Waals surface area (Å²) < 4.78 is 39.2. The molecule has 1 aromatic carbocycles. The van der Waals surface area contributed by atoms with Crippen molar-refractivity contribution in [1.29, 1.82) is 0 Å². The summed E-state index contributed by atoms with van der Waals surface area (Å²) in [5, 5.41) is 4.31. The van der Waals surface area contributed by atoms with Crippen molar-refractivity contribution in [3.05, 3.63) is 76.9 Å². The lowest BCUT2D eigenvalue weighted by Crippen LogP contribution is -2.12. The zero-order chi connectivity index (χ0) is 20.3. The largest absolute Gasteiger partial charge is 0.433 e. The van der Waals surface area contributed by atoms with Crippen LogP contribution in [0, 0.1) is 6.92 Å². The molecule has 0 saturated heterocycles. The SMILES string of the molecule is Cc1ccccc1C(N)=O.FC(F)(F)c1cc(-n2cc3c(n2)CCC3)ccn1. The van der Waals surface area contributed by atoms with Crippen LogP contribution >= 0.6 is 0 Å². The minimum Gasteiger partial charge on any atom is -0.366 e. The van der Waals surface area contributed by atoms with E-state index in [1.807, 2.05) is 19.1 Å². The van der Waals surface area contributed by atoms with Crippen LogP contribution in [0.3, 0.4) is 0 Å². The number of primary amides is 1. The quantitative estimate of drug-likeness (QED) is 0.724. The molecule has 0 spiro atoms. The van der Waals surface area contributed by atoms with Crippen LogP contribution in [0.1, 0.15) is 39.3 Å². The van der Waals surface area contributed by atoms with Crippen LogP contribution in [0.2, 0.25) is 0 Å². The molecule has 2 heterocycles. The van der Waals surface area contributed by atoms with Crippen LogP contribution in [-0.2, 0) is 19.0 Å². The van der Waals surface area contributed by atoms with E-state index in [1.165, 1.54) is 10.7 Å². The van der Waals surface area contributed by atoms with Crippen molar-refractivity contribution in [1.82, 2.24) is 14.8 Å². The number of rotatable bonds is 2. The number of nitrogens with zero attached hydrogens (tertiary/aromatic N) is 3. The molecule has 3 aromatic rings. The fourth-order valence-corrected chi connectivity index (χ4v) is 3.01. The summed E-state index contributed by atoms with van der Waals surface area (Å²) in [4.78, 5) is 14.0. The standard InChI is InChI=1S/C12H10F3N3.C8H9NO/c13-12(14,15)11-6-9(4-5-16-11)18-7-8-2-1-3-10(8)17-18;1-6-4-2-3-5-7(6)8(9)10/h4-7H,1-3H2;2-5H,1H3,(H2,9,10). The van der Waals surface area contributed by atoms with Crippen molar-refractivity contribution >= 4 is 5.91 Å². The molecule has 0 saturated carbocycles. The monoisotopic (exact) mass is 388 g/mol. The number of carbonyl (C=O) groups excluding carboxylic acids is 1. The maximum Gasteiger partial charge on any atom is 0.433 e. The number of nitrogens with two attached hydrogens (primary N) is 1. The maximum atomic E-state index is 12.6. The Morgan fingerprint density at radius 2 is 1.93 bits per heavy atom. The lowest BCUT2D eigenvalue weighted by Gasteiger charge is -2.07. The summed E-state index contributed by atoms with van der Waals surface area (Å²) in [6, 6.07) is 9.80. The molecule has 146 valence electrons. The number of amides is 1. The van der Waals surface area contributed by atoms with Crippen molar-refractivity contribution in [2.75, 3.05) is 0 Å². The van der Waals surface area contributed by atoms with Gasteiger partial charge in [-0.2, -0.15) is 18.3 Å². The Bertz CT molecular complexity index is 974. The first kappa shape index (κ1) is 19.6. The van der Waals surface area contributed by atoms with Gasteiger partial charge in [0.25, 0.3) is 0 Å². The lowest BCUT2D eigenvalue weighted by molar-refractivity contribution is -0.141. The fourth-order valence-electron chi connectivity index (χ4n) is 3.01. The van der Waals surface area contributed by atoms with Gasteiger partial charge in [-0.3, -0.25) is 9.78 Å². The number of hydrogen-bond donors (Lipinski definition) is 1. The van der Waals surface area contributed by atoms with Crippen molar-refractivity contribution in [3.8, 4) is 5.69 Å². The van der Waals surface area contributed by atoms with Gasteiger partial charge in [0.1, 0.15) is 5.69 Å². The molecular weight excluding hydrogens is 369 g/mol. The average molecular weight is 388 g/mol. The van der Waals surface area contributed by atoms with Gasteiger partial charge < -0.3 is 5.73 Å². The first-order chi connectivity index (χ1) is 13.3. The molecule has 2 N–H and O–H groups in total. The van der Waals surface area contributed by atoms with E-state index >= 15 is 0 Å². The van der Waals surface area contributed by atoms with Gasteiger partial charge >= 0.3 is 6.18 Å². The number of alkyl halides is 3. The van der Waals surface area contributed by atoms with E-state index in [1.54, 1.807) is 18.3 Å². The van der Waals surface area contributed by atoms with Crippen LogP contribution in [0.5, 0.6) is 0 Å². The zero-order valence-corrected chi connectivity index (χ0v) is 15.2. The number of hydrogen-bond acceptors (Lipinski definition) is 3. The van der Waals surface area contributed by atoms with Crippen molar-refractivity contribution in [2.24, 2.45) is 5.73 Å². The predicted octanol–water partition coefficient (Wildman–Crippen LogP) is 3.87. The number of halogens is 3. The molecule has 0 fully saturated rings. The number of pyridine rings is 1. The van der Waals surface area contributed by atoms with Gasteiger partial charge in [-0.25, -0.2) is 4.68 Å². The Morgan fingerprint density at radius 1 is 1.18 bits per heavy atom. The van der Waals surface area contributed by atoms with E-state index in [0.717, 1.165) is 48.3 Å². The smallest absolute Gasteiger partial charge is 0.366 e. The molecule has 1 aliphatic carbocycles. The second kappa shape index (κ2) is 7.84. The van der Waals surface area contributed by atoms with Crippen molar-refractivity contribution < 1.29 is 18.0 Å². The first-order valence-corrected chi connectivity index (χ1v) is 8.72. The van der Waals surface area contributed by atoms with E-state index in [9.17, 15) is 18.0 Å². The second-order valence-corrected chi connectivity index (χ2v) is 6.48. The molecule has 0 atom stereocenters. The summed E-state index contributed by atoms with van der Waals surface area (Å²) in [6.07, 6.45) is 1.46. The summed E-state index contributed by atoms with van der Waals surface area (Å²) in [5.41, 5.74) is 8.22. The van der Waals surface area contributed by atoms with E-state index in [-0.39, 0.29) is 5.91 Å². The third kappa shape index (κ3) is 4.39. The van der Waals surface area contributed by atoms with E-state index in [0.29, 0.717) is 11.3 Å². The summed E-state index contributed by atoms with van der Waals surface area (Å²) in [5.74, 6) is -0.363. The zero-order valence-electron chi connectivity index (χ0n) is 15.2. The van der Waals surface area contributed by atoms with Gasteiger partial charge in [-0.05, 0) is 55.5 Å². The number of aromatic nitrogens is 3. The van der Waals surface area contributed by atoms with Crippen LogP contribution in [0.25, 0.3) is 5.69 Å². The Labute approximate surface area is 160 Å². The molecule has 0 bridgehead atoms. The fraction of sp³-hybridized carbons (Fsp3) is 0.250. The maximum absolute atomic E-state index is 12.6. The van der Waals surface area contributed by atoms with Gasteiger partial charge in [-0.15, -0.1) is 0 Å². The number of fused-ring (bicyclic) bond motifs is 1. The minimum atomic E-state index is -4.42. The number of aryl methyl sites for hydroxylation is 3. The first-order valence-electron chi connectivity index (χ1n) is 8.72. The summed E-state index contributed by atoms with van der Waals surface area (Å²) in [6.45, 7) is 1.86. The molecule has 0 unspecified atom stereocenters. The summed E-state index contributed by atoms with van der Waals surface area (Å²) >= 11 is 0. The highest BCUT2D eigenvalue weighted by Crippen LogP contribution is 2.29. The molecule has 2 aromatic heterocycles. The summed E-state index contributed by atoms with van der Waals surface area (Å²) in [7, 11) is 0. The third-order valence-corrected chi connectivity index (χ3v) is 4.45. The van der Waals surface area contributed by atoms with Crippen LogP contribution in [0.4, 0.5) is 13.2 Å². The number of benzene rings is 1. The molecule has 8 heteroatoms. The van der Waals surface area contributed by atoms with Gasteiger partial charge in [-0.1, -0.05) is 18.2 Å². The van der Waals surface area contributed by atoms with Gasteiger partial charge in [0.2, 0.25) is 5.91 Å². The highest BCUT2D eigenvalue weighted by molar-refractivity contribution is 5.94. The average Bonchev–Trinajstić information content (AvgIpc) is 3.24. The van der Waals surface area contributed by atoms with E-state index in [2.05, 4.69) is 10.1 Å². The number of carbonyl (C=O) groups is 1. The molecular formula is C20H19F3N4O. The molecule has 0 radical (unpaired) electrons. The third-order valence-electron chi connectivity index (χ3n) is 4.45. The highest BCUT2D eigenvalue weighted by Gasteiger charge is 2.32. The lowest BCUT2D eigenvalue weighted by atomic mass is 10.1. The molecule has 5 nitrogen and oxygen atoms in total. The normalized spacial score (nSPS) is 12.9. The predicted molar refractivity (Wildman–Crippen MR) is 98.1 cm³/mol. The highest BCUT2D eigenvalue weighted by atomic mass is 19.4. The van der Waals surface area contributed by atoms with Crippen LogP contribution < -0.4 is 5.73 Å². The van der Waals surface area contributed by atoms with Crippen LogP contribution in [-0.4, -0.2) is 20.7 Å². The topological polar surface area (TPSA) is 73.8 Å². The van der Waals surface area contributed by atoms with Crippen LogP contribution in [0.15, 0.2) is 48.8 Å². The Balaban J connectivity index is 0.000000192. The molecule has 28 heavy (non-hydrogen) atoms. The Morgan fingerprint density at radius 3 is 2.54 bits per heavy atom. The van der Waals surface area contributed by atoms with E-state index in [4.69, 9.17) is 5.73 Å². The van der Waals surface area contributed by atoms with Crippen molar-refractivity contribution in [2.45, 2.75) is 32.4 Å². The molecule has 0 aliphatic heterocycles. The van der Waals surface area contributed by atoms with Crippen molar-refractivity contribution in [3.63, 3.8) is 0 Å². The van der Waals surface area contributed by atoms with Gasteiger partial charge in [0, 0.05) is 18.0 Å². The van der Waals surface area contributed by atoms with E-state index < -0.39 is 11.9 Å². The second-order valence-electron chi connectivity index (χ2n) is 6.48. The minimum absolute atomic E-state index is 0.363.